The van der Waals surface area contributed by atoms with Crippen LogP contribution in [0.4, 0.5) is 0 Å². The first-order chi connectivity index (χ1) is 10.4. The van der Waals surface area contributed by atoms with E-state index >= 15 is 0 Å². The lowest BCUT2D eigenvalue weighted by atomic mass is 10.3. The molecule has 0 heterocycles. The molecule has 0 saturated heterocycles. The molecule has 7 heteroatoms. The molecular formula is C15H16Cl2O5. The lowest BCUT2D eigenvalue weighted by Crippen LogP contribution is -2.11. The SMILES string of the molecule is CC(C)Oc1ccccc1OC(=O)/C=C/C(=O)OCC(Cl)Cl. The number of alkyl halides is 2. The van der Waals surface area contributed by atoms with Gasteiger partial charge in [0, 0.05) is 12.2 Å². The number of carbonyl (C=O) groups excluding carboxylic acids is 2. The van der Waals surface area contributed by atoms with Crippen LogP contribution in [0.3, 0.4) is 0 Å². The number of halogens is 2. The summed E-state index contributed by atoms with van der Waals surface area (Å²) in [5, 5.41) is 0. The van der Waals surface area contributed by atoms with E-state index in [0.29, 0.717) is 5.75 Å². The van der Waals surface area contributed by atoms with Crippen molar-refractivity contribution in [1.29, 1.82) is 0 Å². The number of para-hydroxylation sites is 2. The molecule has 1 aromatic rings. The standard InChI is InChI=1S/C15H16Cl2O5/c1-10(2)21-11-5-3-4-6-12(11)22-15(19)8-7-14(18)20-9-13(16)17/h3-8,10,13H,9H2,1-2H3/b8-7+. The van der Waals surface area contributed by atoms with Crippen LogP contribution in [-0.2, 0) is 14.3 Å². The average molecular weight is 347 g/mol. The highest BCUT2D eigenvalue weighted by Crippen LogP contribution is 2.27. The van der Waals surface area contributed by atoms with Crippen molar-refractivity contribution in [3.05, 3.63) is 36.4 Å². The summed E-state index contributed by atoms with van der Waals surface area (Å²) in [4.78, 5) is 22.1. The third-order valence-corrected chi connectivity index (χ3v) is 2.38. The summed E-state index contributed by atoms with van der Waals surface area (Å²) in [5.41, 5.74) is 0. The number of hydrogen-bond donors (Lipinski definition) is 0. The van der Waals surface area contributed by atoms with Crippen LogP contribution >= 0.6 is 23.2 Å². The Kier molecular flexibility index (Phi) is 7.77. The number of ether oxygens (including phenoxy) is 3. The molecule has 0 radical (unpaired) electrons. The molecule has 22 heavy (non-hydrogen) atoms. The number of rotatable bonds is 7. The molecule has 0 unspecified atom stereocenters. The summed E-state index contributed by atoms with van der Waals surface area (Å²) < 4.78 is 15.3. The fourth-order valence-corrected chi connectivity index (χ4v) is 1.48. The number of esters is 2. The highest BCUT2D eigenvalue weighted by molar-refractivity contribution is 6.44. The molecule has 120 valence electrons. The molecule has 0 bridgehead atoms. The van der Waals surface area contributed by atoms with Crippen molar-refractivity contribution in [2.24, 2.45) is 0 Å². The zero-order valence-electron chi connectivity index (χ0n) is 12.1. The second kappa shape index (κ2) is 9.33. The van der Waals surface area contributed by atoms with Gasteiger partial charge in [-0.15, -0.1) is 23.2 Å². The van der Waals surface area contributed by atoms with Crippen LogP contribution < -0.4 is 9.47 Å². The zero-order valence-corrected chi connectivity index (χ0v) is 13.6. The molecule has 0 N–H and O–H groups in total. The molecule has 0 fully saturated rings. The van der Waals surface area contributed by atoms with Gasteiger partial charge in [-0.05, 0) is 26.0 Å². The van der Waals surface area contributed by atoms with Gasteiger partial charge in [0.2, 0.25) is 0 Å². The monoisotopic (exact) mass is 346 g/mol. The largest absolute Gasteiger partial charge is 0.487 e. The van der Waals surface area contributed by atoms with Gasteiger partial charge >= 0.3 is 11.9 Å². The Morgan fingerprint density at radius 2 is 1.68 bits per heavy atom. The van der Waals surface area contributed by atoms with Gasteiger partial charge in [0.1, 0.15) is 11.4 Å². The average Bonchev–Trinajstić information content (AvgIpc) is 2.44. The minimum atomic E-state index is -0.815. The van der Waals surface area contributed by atoms with Crippen LogP contribution in [0.2, 0.25) is 0 Å². The maximum atomic E-state index is 11.7. The zero-order chi connectivity index (χ0) is 16.5. The molecular weight excluding hydrogens is 331 g/mol. The molecule has 0 saturated carbocycles. The fourth-order valence-electron chi connectivity index (χ4n) is 1.36. The topological polar surface area (TPSA) is 61.8 Å². The number of benzene rings is 1. The van der Waals surface area contributed by atoms with E-state index in [4.69, 9.17) is 32.7 Å². The lowest BCUT2D eigenvalue weighted by Gasteiger charge is -2.13. The Bertz CT molecular complexity index is 540. The maximum absolute atomic E-state index is 11.7. The summed E-state index contributed by atoms with van der Waals surface area (Å²) in [6, 6.07) is 6.74. The lowest BCUT2D eigenvalue weighted by molar-refractivity contribution is -0.138. The van der Waals surface area contributed by atoms with E-state index < -0.39 is 16.8 Å². The third-order valence-electron chi connectivity index (χ3n) is 2.13. The van der Waals surface area contributed by atoms with Gasteiger partial charge in [-0.1, -0.05) is 12.1 Å². The van der Waals surface area contributed by atoms with Crippen molar-refractivity contribution in [3.63, 3.8) is 0 Å². The summed E-state index contributed by atoms with van der Waals surface area (Å²) in [6.45, 7) is 3.55. The first kappa shape index (κ1) is 18.3. The Balaban J connectivity index is 2.60. The Hall–Kier alpha value is -1.72. The number of hydrogen-bond acceptors (Lipinski definition) is 5. The molecule has 0 amide bonds. The van der Waals surface area contributed by atoms with Crippen molar-refractivity contribution >= 4 is 35.1 Å². The smallest absolute Gasteiger partial charge is 0.336 e. The maximum Gasteiger partial charge on any atom is 0.336 e. The third kappa shape index (κ3) is 7.33. The van der Waals surface area contributed by atoms with E-state index in [9.17, 15) is 9.59 Å². The highest BCUT2D eigenvalue weighted by Gasteiger charge is 2.10. The van der Waals surface area contributed by atoms with Gasteiger partial charge in [0.15, 0.2) is 11.5 Å². The molecule has 5 nitrogen and oxygen atoms in total. The van der Waals surface area contributed by atoms with Crippen molar-refractivity contribution in [3.8, 4) is 11.5 Å². The molecule has 0 aliphatic heterocycles. The Morgan fingerprint density at radius 3 is 2.27 bits per heavy atom. The first-order valence-electron chi connectivity index (χ1n) is 6.49. The summed E-state index contributed by atoms with van der Waals surface area (Å²) in [7, 11) is 0. The molecule has 0 aromatic heterocycles. The predicted molar refractivity (Wildman–Crippen MR) is 83.4 cm³/mol. The van der Waals surface area contributed by atoms with E-state index in [1.165, 1.54) is 0 Å². The molecule has 1 rings (SSSR count). The molecule has 0 atom stereocenters. The van der Waals surface area contributed by atoms with Crippen LogP contribution in [0.1, 0.15) is 13.8 Å². The summed E-state index contributed by atoms with van der Waals surface area (Å²) in [6.07, 6.45) is 1.82. The van der Waals surface area contributed by atoms with Gasteiger partial charge in [0.25, 0.3) is 0 Å². The Morgan fingerprint density at radius 1 is 1.09 bits per heavy atom. The molecule has 0 spiro atoms. The van der Waals surface area contributed by atoms with E-state index in [2.05, 4.69) is 4.74 Å². The van der Waals surface area contributed by atoms with Gasteiger partial charge in [-0.2, -0.15) is 0 Å². The minimum absolute atomic E-state index is 0.0653. The van der Waals surface area contributed by atoms with Gasteiger partial charge in [-0.25, -0.2) is 9.59 Å². The minimum Gasteiger partial charge on any atom is -0.487 e. The van der Waals surface area contributed by atoms with Crippen LogP contribution in [0, 0.1) is 0 Å². The molecule has 0 aliphatic rings. The second-order valence-corrected chi connectivity index (χ2v) is 5.67. The first-order valence-corrected chi connectivity index (χ1v) is 7.36. The van der Waals surface area contributed by atoms with Crippen LogP contribution in [0.5, 0.6) is 11.5 Å². The van der Waals surface area contributed by atoms with Crippen LogP contribution in [0.15, 0.2) is 36.4 Å². The fraction of sp³-hybridized carbons (Fsp3) is 0.333. The van der Waals surface area contributed by atoms with Gasteiger partial charge in [0.05, 0.1) is 6.10 Å². The number of carbonyl (C=O) groups is 2. The molecule has 0 aliphatic carbocycles. The normalized spacial score (nSPS) is 11.0. The van der Waals surface area contributed by atoms with E-state index in [1.807, 2.05) is 13.8 Å². The van der Waals surface area contributed by atoms with Gasteiger partial charge in [-0.3, -0.25) is 0 Å². The molecule has 1 aromatic carbocycles. The van der Waals surface area contributed by atoms with E-state index in [1.54, 1.807) is 24.3 Å². The van der Waals surface area contributed by atoms with Crippen molar-refractivity contribution in [2.75, 3.05) is 6.61 Å². The van der Waals surface area contributed by atoms with Crippen molar-refractivity contribution in [2.45, 2.75) is 24.8 Å². The van der Waals surface area contributed by atoms with Crippen LogP contribution in [-0.4, -0.2) is 29.5 Å². The quantitative estimate of drug-likeness (QED) is 0.328. The predicted octanol–water partition coefficient (Wildman–Crippen LogP) is 3.28. The van der Waals surface area contributed by atoms with Gasteiger partial charge < -0.3 is 14.2 Å². The van der Waals surface area contributed by atoms with Crippen LogP contribution in [0.25, 0.3) is 0 Å². The van der Waals surface area contributed by atoms with Crippen molar-refractivity contribution in [1.82, 2.24) is 0 Å². The van der Waals surface area contributed by atoms with E-state index in [-0.39, 0.29) is 18.5 Å². The summed E-state index contributed by atoms with van der Waals surface area (Å²) in [5.74, 6) is -0.769. The highest BCUT2D eigenvalue weighted by atomic mass is 35.5. The second-order valence-electron chi connectivity index (χ2n) is 4.39. The van der Waals surface area contributed by atoms with E-state index in [0.717, 1.165) is 12.2 Å². The summed E-state index contributed by atoms with van der Waals surface area (Å²) >= 11 is 10.8. The van der Waals surface area contributed by atoms with Crippen molar-refractivity contribution < 1.29 is 23.8 Å². The Labute approximate surface area is 138 Å².